The quantitative estimate of drug-likeness (QED) is 0.597. The smallest absolute Gasteiger partial charge is 0.416 e. The number of carbonyl (C=O) groups excluding carboxylic acids is 2. The van der Waals surface area contributed by atoms with Gasteiger partial charge in [-0.05, 0) is 48.0 Å². The van der Waals surface area contributed by atoms with Crippen molar-refractivity contribution in [1.82, 2.24) is 0 Å². The number of alkyl halides is 3. The van der Waals surface area contributed by atoms with Crippen molar-refractivity contribution in [3.05, 3.63) is 83.9 Å². The monoisotopic (exact) mass is 426 g/mol. The molecule has 0 aromatic heterocycles. The number of phenolic OH excluding ortho intramolecular Hbond substituents is 1. The molecule has 0 spiro atoms. The lowest BCUT2D eigenvalue weighted by Gasteiger charge is -2.25. The van der Waals surface area contributed by atoms with E-state index in [1.54, 1.807) is 30.3 Å². The molecule has 0 aliphatic carbocycles. The van der Waals surface area contributed by atoms with Crippen molar-refractivity contribution in [1.29, 1.82) is 0 Å². The van der Waals surface area contributed by atoms with Crippen molar-refractivity contribution < 1.29 is 27.9 Å². The Labute approximate surface area is 175 Å². The van der Waals surface area contributed by atoms with Crippen LogP contribution in [-0.4, -0.2) is 24.0 Å². The standard InChI is InChI=1S/C23H17F3N2O3/c1-27-18-11-10-15(23(24,25)26)13-19(18)28(16-7-3-2-4-8-16)22(31)20(21(27)30)14-6-5-9-17(29)12-14/h2-13,20,29H,1H3. The van der Waals surface area contributed by atoms with Gasteiger partial charge in [-0.2, -0.15) is 13.2 Å². The van der Waals surface area contributed by atoms with Crippen LogP contribution in [0.2, 0.25) is 0 Å². The summed E-state index contributed by atoms with van der Waals surface area (Å²) in [6, 6.07) is 16.8. The summed E-state index contributed by atoms with van der Waals surface area (Å²) in [5.41, 5.74) is -0.257. The number of fused-ring (bicyclic) bond motifs is 1. The fraction of sp³-hybridized carbons (Fsp3) is 0.130. The zero-order chi connectivity index (χ0) is 22.3. The van der Waals surface area contributed by atoms with Crippen LogP contribution in [0.25, 0.3) is 0 Å². The van der Waals surface area contributed by atoms with Crippen molar-refractivity contribution in [2.75, 3.05) is 16.8 Å². The van der Waals surface area contributed by atoms with Gasteiger partial charge in [0.15, 0.2) is 0 Å². The van der Waals surface area contributed by atoms with Crippen molar-refractivity contribution in [2.45, 2.75) is 12.1 Å². The van der Waals surface area contributed by atoms with Crippen LogP contribution in [0.3, 0.4) is 0 Å². The highest BCUT2D eigenvalue weighted by atomic mass is 19.4. The molecule has 0 saturated heterocycles. The van der Waals surface area contributed by atoms with Gasteiger partial charge in [0.05, 0.1) is 16.9 Å². The molecule has 1 aliphatic rings. The highest BCUT2D eigenvalue weighted by molar-refractivity contribution is 6.23. The Hall–Kier alpha value is -3.81. The lowest BCUT2D eigenvalue weighted by Crippen LogP contribution is -2.37. The molecule has 1 N–H and O–H groups in total. The average molecular weight is 426 g/mol. The maximum Gasteiger partial charge on any atom is 0.416 e. The van der Waals surface area contributed by atoms with Crippen LogP contribution in [0, 0.1) is 0 Å². The fourth-order valence-corrected chi connectivity index (χ4v) is 3.66. The molecule has 0 bridgehead atoms. The molecule has 5 nitrogen and oxygen atoms in total. The van der Waals surface area contributed by atoms with Gasteiger partial charge in [0, 0.05) is 12.7 Å². The molecule has 3 aromatic carbocycles. The minimum Gasteiger partial charge on any atom is -0.508 e. The average Bonchev–Trinajstić information content (AvgIpc) is 2.81. The number of rotatable bonds is 2. The molecule has 1 atom stereocenters. The molecule has 0 fully saturated rings. The zero-order valence-corrected chi connectivity index (χ0v) is 16.3. The highest BCUT2D eigenvalue weighted by Crippen LogP contribution is 2.44. The van der Waals surface area contributed by atoms with E-state index in [0.29, 0.717) is 5.69 Å². The molecule has 3 aromatic rings. The first kappa shape index (κ1) is 20.5. The number of likely N-dealkylation sites (N-methyl/N-ethyl adjacent to an activating group) is 1. The predicted molar refractivity (Wildman–Crippen MR) is 109 cm³/mol. The van der Waals surface area contributed by atoms with E-state index in [0.717, 1.165) is 17.0 Å². The summed E-state index contributed by atoms with van der Waals surface area (Å²) in [5, 5.41) is 9.86. The Balaban J connectivity index is 1.98. The number of hydrogen-bond acceptors (Lipinski definition) is 3. The molecule has 0 saturated carbocycles. The molecule has 8 heteroatoms. The van der Waals surface area contributed by atoms with E-state index in [-0.39, 0.29) is 22.7 Å². The van der Waals surface area contributed by atoms with Gasteiger partial charge >= 0.3 is 6.18 Å². The van der Waals surface area contributed by atoms with Gasteiger partial charge in [0.1, 0.15) is 11.7 Å². The summed E-state index contributed by atoms with van der Waals surface area (Å²) in [5.74, 6) is -2.81. The molecule has 1 aliphatic heterocycles. The highest BCUT2D eigenvalue weighted by Gasteiger charge is 2.42. The van der Waals surface area contributed by atoms with Crippen LogP contribution in [-0.2, 0) is 15.8 Å². The number of carbonyl (C=O) groups is 2. The number of nitrogens with zero attached hydrogens (tertiary/aromatic N) is 2. The molecular weight excluding hydrogens is 409 g/mol. The van der Waals surface area contributed by atoms with E-state index in [1.165, 1.54) is 42.3 Å². The maximum atomic E-state index is 13.7. The maximum absolute atomic E-state index is 13.7. The summed E-state index contributed by atoms with van der Waals surface area (Å²) in [6.45, 7) is 0. The fourth-order valence-electron chi connectivity index (χ4n) is 3.66. The van der Waals surface area contributed by atoms with Gasteiger partial charge in [-0.15, -0.1) is 0 Å². The Morgan fingerprint density at radius 3 is 2.19 bits per heavy atom. The lowest BCUT2D eigenvalue weighted by atomic mass is 9.96. The third-order valence-corrected chi connectivity index (χ3v) is 5.17. The minimum absolute atomic E-state index is 0.0514. The van der Waals surface area contributed by atoms with Gasteiger partial charge in [0.2, 0.25) is 11.8 Å². The second-order valence-electron chi connectivity index (χ2n) is 7.14. The molecular formula is C23H17F3N2O3. The molecule has 0 radical (unpaired) electrons. The number of benzene rings is 3. The molecule has 158 valence electrons. The van der Waals surface area contributed by atoms with Crippen LogP contribution in [0.15, 0.2) is 72.8 Å². The first-order chi connectivity index (χ1) is 14.7. The number of amides is 2. The van der Waals surface area contributed by atoms with Gasteiger partial charge in [-0.25, -0.2) is 0 Å². The van der Waals surface area contributed by atoms with Gasteiger partial charge in [-0.3, -0.25) is 14.5 Å². The first-order valence-corrected chi connectivity index (χ1v) is 9.35. The summed E-state index contributed by atoms with van der Waals surface area (Å²) in [7, 11) is 1.41. The second kappa shape index (κ2) is 7.46. The van der Waals surface area contributed by atoms with Crippen molar-refractivity contribution in [3.63, 3.8) is 0 Å². The zero-order valence-electron chi connectivity index (χ0n) is 16.3. The van der Waals surface area contributed by atoms with Crippen LogP contribution in [0.5, 0.6) is 5.75 Å². The number of para-hydroxylation sites is 1. The summed E-state index contributed by atoms with van der Waals surface area (Å²) in [6.07, 6.45) is -4.63. The summed E-state index contributed by atoms with van der Waals surface area (Å²) < 4.78 is 40.3. The third kappa shape index (κ3) is 3.61. The topological polar surface area (TPSA) is 60.9 Å². The number of phenols is 1. The van der Waals surface area contributed by atoms with Crippen LogP contribution >= 0.6 is 0 Å². The van der Waals surface area contributed by atoms with Gasteiger partial charge < -0.3 is 10.0 Å². The van der Waals surface area contributed by atoms with Gasteiger partial charge in [0.25, 0.3) is 0 Å². The van der Waals surface area contributed by atoms with Gasteiger partial charge in [-0.1, -0.05) is 30.3 Å². The number of aromatic hydroxyl groups is 1. The Kier molecular flexibility index (Phi) is 4.93. The van der Waals surface area contributed by atoms with Crippen molar-refractivity contribution in [2.24, 2.45) is 0 Å². The molecule has 4 rings (SSSR count). The normalized spacial score (nSPS) is 16.8. The second-order valence-corrected chi connectivity index (χ2v) is 7.14. The van der Waals surface area contributed by atoms with E-state index in [4.69, 9.17) is 0 Å². The number of hydrogen-bond donors (Lipinski definition) is 1. The predicted octanol–water partition coefficient (Wildman–Crippen LogP) is 4.84. The summed E-state index contributed by atoms with van der Waals surface area (Å²) in [4.78, 5) is 29.2. The third-order valence-electron chi connectivity index (χ3n) is 5.17. The summed E-state index contributed by atoms with van der Waals surface area (Å²) >= 11 is 0. The SMILES string of the molecule is CN1C(=O)C(c2cccc(O)c2)C(=O)N(c2ccccc2)c2cc(C(F)(F)F)ccc21. The Bertz CT molecular complexity index is 1160. The van der Waals surface area contributed by atoms with E-state index in [1.807, 2.05) is 0 Å². The number of anilines is 3. The molecule has 2 amide bonds. The molecule has 31 heavy (non-hydrogen) atoms. The van der Waals surface area contributed by atoms with Crippen molar-refractivity contribution in [3.8, 4) is 5.75 Å². The molecule has 1 heterocycles. The number of halogens is 3. The largest absolute Gasteiger partial charge is 0.508 e. The minimum atomic E-state index is -4.63. The first-order valence-electron chi connectivity index (χ1n) is 9.35. The Morgan fingerprint density at radius 2 is 1.55 bits per heavy atom. The van der Waals surface area contributed by atoms with E-state index in [2.05, 4.69) is 0 Å². The van der Waals surface area contributed by atoms with E-state index < -0.39 is 29.5 Å². The molecule has 1 unspecified atom stereocenters. The van der Waals surface area contributed by atoms with Crippen LogP contribution in [0.1, 0.15) is 17.0 Å². The van der Waals surface area contributed by atoms with Crippen LogP contribution < -0.4 is 9.80 Å². The lowest BCUT2D eigenvalue weighted by molar-refractivity contribution is -0.137. The van der Waals surface area contributed by atoms with E-state index in [9.17, 15) is 27.9 Å². The van der Waals surface area contributed by atoms with Crippen LogP contribution in [0.4, 0.5) is 30.2 Å². The Morgan fingerprint density at radius 1 is 0.839 bits per heavy atom. The van der Waals surface area contributed by atoms with E-state index >= 15 is 0 Å². The van der Waals surface area contributed by atoms with Crippen molar-refractivity contribution >= 4 is 28.9 Å².